The molecule has 1 N–H and O–H groups in total. The van der Waals surface area contributed by atoms with Crippen molar-refractivity contribution in [2.45, 2.75) is 39.2 Å². The van der Waals surface area contributed by atoms with Crippen LogP contribution in [0.4, 0.5) is 0 Å². The van der Waals surface area contributed by atoms with Crippen molar-refractivity contribution >= 4 is 0 Å². The van der Waals surface area contributed by atoms with Gasteiger partial charge >= 0.3 is 0 Å². The number of nitrogens with zero attached hydrogens (tertiary/aromatic N) is 1. The van der Waals surface area contributed by atoms with Crippen LogP contribution in [-0.4, -0.2) is 37.1 Å². The summed E-state index contributed by atoms with van der Waals surface area (Å²) in [6.07, 6.45) is 4.24. The van der Waals surface area contributed by atoms with Crippen LogP contribution in [0.3, 0.4) is 0 Å². The van der Waals surface area contributed by atoms with Gasteiger partial charge in [-0.15, -0.1) is 0 Å². The number of piperidine rings is 1. The normalized spacial score (nSPS) is 36.4. The van der Waals surface area contributed by atoms with E-state index in [1.54, 1.807) is 0 Å². The molecule has 14 heavy (non-hydrogen) atoms. The lowest BCUT2D eigenvalue weighted by Crippen LogP contribution is -2.44. The number of rotatable bonds is 2. The Morgan fingerprint density at radius 1 is 1.21 bits per heavy atom. The third kappa shape index (κ3) is 2.12. The first kappa shape index (κ1) is 10.4. The third-order valence-electron chi connectivity index (χ3n) is 4.17. The minimum atomic E-state index is 0.827. The van der Waals surface area contributed by atoms with E-state index in [1.807, 2.05) is 0 Å². The summed E-state index contributed by atoms with van der Waals surface area (Å²) in [6, 6.07) is 0.827. The fraction of sp³-hybridized carbons (Fsp3) is 1.00. The van der Waals surface area contributed by atoms with Crippen molar-refractivity contribution in [3.8, 4) is 0 Å². The highest BCUT2D eigenvalue weighted by atomic mass is 15.2. The van der Waals surface area contributed by atoms with Crippen LogP contribution in [0, 0.1) is 11.8 Å². The van der Waals surface area contributed by atoms with Gasteiger partial charge in [0.25, 0.3) is 0 Å². The smallest absolute Gasteiger partial charge is 0.0258 e. The summed E-state index contributed by atoms with van der Waals surface area (Å²) in [7, 11) is 0. The minimum absolute atomic E-state index is 0.827. The van der Waals surface area contributed by atoms with Gasteiger partial charge in [0.05, 0.1) is 0 Å². The Hall–Kier alpha value is -0.0800. The molecule has 2 unspecified atom stereocenters. The summed E-state index contributed by atoms with van der Waals surface area (Å²) in [4.78, 5) is 2.72. The molecule has 2 aliphatic rings. The first-order valence-electron chi connectivity index (χ1n) is 6.26. The van der Waals surface area contributed by atoms with E-state index in [-0.39, 0.29) is 0 Å². The Morgan fingerprint density at radius 2 is 1.93 bits per heavy atom. The van der Waals surface area contributed by atoms with Gasteiger partial charge in [-0.3, -0.25) is 4.90 Å². The number of likely N-dealkylation sites (tertiary alicyclic amines) is 1. The lowest BCUT2D eigenvalue weighted by molar-refractivity contribution is 0.119. The molecular weight excluding hydrogens is 172 g/mol. The van der Waals surface area contributed by atoms with Gasteiger partial charge in [0.2, 0.25) is 0 Å². The highest BCUT2D eigenvalue weighted by molar-refractivity contribution is 4.88. The molecule has 2 nitrogen and oxygen atoms in total. The quantitative estimate of drug-likeness (QED) is 0.723. The second-order valence-corrected chi connectivity index (χ2v) is 5.09. The van der Waals surface area contributed by atoms with Crippen LogP contribution in [0.2, 0.25) is 0 Å². The largest absolute Gasteiger partial charge is 0.315 e. The average molecular weight is 196 g/mol. The van der Waals surface area contributed by atoms with Crippen LogP contribution in [0.1, 0.15) is 33.1 Å². The SMILES string of the molecule is CCC1CCN(C2CNCC2C)CC1. The zero-order chi connectivity index (χ0) is 9.97. The van der Waals surface area contributed by atoms with E-state index in [0.29, 0.717) is 0 Å². The molecule has 2 saturated heterocycles. The van der Waals surface area contributed by atoms with E-state index >= 15 is 0 Å². The van der Waals surface area contributed by atoms with Crippen LogP contribution in [-0.2, 0) is 0 Å². The van der Waals surface area contributed by atoms with Crippen molar-refractivity contribution in [1.82, 2.24) is 10.2 Å². The fourth-order valence-corrected chi connectivity index (χ4v) is 2.98. The van der Waals surface area contributed by atoms with Crippen LogP contribution >= 0.6 is 0 Å². The Morgan fingerprint density at radius 3 is 2.43 bits per heavy atom. The van der Waals surface area contributed by atoms with Crippen LogP contribution in [0.15, 0.2) is 0 Å². The maximum atomic E-state index is 3.50. The van der Waals surface area contributed by atoms with E-state index in [0.717, 1.165) is 17.9 Å². The second-order valence-electron chi connectivity index (χ2n) is 5.09. The second kappa shape index (κ2) is 4.63. The minimum Gasteiger partial charge on any atom is -0.315 e. The van der Waals surface area contributed by atoms with Gasteiger partial charge in [-0.25, -0.2) is 0 Å². The van der Waals surface area contributed by atoms with Gasteiger partial charge in [0, 0.05) is 12.6 Å². The molecule has 2 heterocycles. The van der Waals surface area contributed by atoms with Gasteiger partial charge in [0.15, 0.2) is 0 Å². The van der Waals surface area contributed by atoms with E-state index in [2.05, 4.69) is 24.1 Å². The summed E-state index contributed by atoms with van der Waals surface area (Å²) >= 11 is 0. The average Bonchev–Trinajstić information content (AvgIpc) is 2.65. The van der Waals surface area contributed by atoms with Crippen LogP contribution < -0.4 is 5.32 Å². The maximum absolute atomic E-state index is 3.50. The topological polar surface area (TPSA) is 15.3 Å². The lowest BCUT2D eigenvalue weighted by Gasteiger charge is -2.37. The van der Waals surface area contributed by atoms with Gasteiger partial charge < -0.3 is 5.32 Å². The molecule has 2 heteroatoms. The molecule has 0 saturated carbocycles. The third-order valence-corrected chi connectivity index (χ3v) is 4.17. The van der Waals surface area contributed by atoms with Crippen molar-refractivity contribution in [1.29, 1.82) is 0 Å². The Bertz CT molecular complexity index is 173. The number of hydrogen-bond donors (Lipinski definition) is 1. The molecule has 0 aliphatic carbocycles. The molecule has 0 aromatic rings. The Kier molecular flexibility index (Phi) is 3.45. The van der Waals surface area contributed by atoms with Crippen molar-refractivity contribution in [2.24, 2.45) is 11.8 Å². The molecule has 0 bridgehead atoms. The van der Waals surface area contributed by atoms with Crippen molar-refractivity contribution < 1.29 is 0 Å². The van der Waals surface area contributed by atoms with Crippen molar-refractivity contribution in [2.75, 3.05) is 26.2 Å². The zero-order valence-corrected chi connectivity index (χ0v) is 9.63. The van der Waals surface area contributed by atoms with Crippen LogP contribution in [0.5, 0.6) is 0 Å². The molecule has 0 radical (unpaired) electrons. The number of hydrogen-bond acceptors (Lipinski definition) is 2. The van der Waals surface area contributed by atoms with E-state index in [9.17, 15) is 0 Å². The molecular formula is C12H24N2. The summed E-state index contributed by atoms with van der Waals surface area (Å²) in [6.45, 7) is 9.84. The highest BCUT2D eigenvalue weighted by Crippen LogP contribution is 2.24. The van der Waals surface area contributed by atoms with E-state index in [1.165, 1.54) is 45.4 Å². The standard InChI is InChI=1S/C12H24N2/c1-3-11-4-6-14(7-5-11)12-9-13-8-10(12)2/h10-13H,3-9H2,1-2H3. The first-order valence-corrected chi connectivity index (χ1v) is 6.26. The predicted molar refractivity (Wildman–Crippen MR) is 60.4 cm³/mol. The van der Waals surface area contributed by atoms with Gasteiger partial charge in [-0.2, -0.15) is 0 Å². The van der Waals surface area contributed by atoms with Gasteiger partial charge in [0.1, 0.15) is 0 Å². The van der Waals surface area contributed by atoms with Crippen LogP contribution in [0.25, 0.3) is 0 Å². The molecule has 0 aromatic carbocycles. The van der Waals surface area contributed by atoms with E-state index in [4.69, 9.17) is 0 Å². The summed E-state index contributed by atoms with van der Waals surface area (Å²) in [5, 5.41) is 3.50. The summed E-state index contributed by atoms with van der Waals surface area (Å²) < 4.78 is 0. The highest BCUT2D eigenvalue weighted by Gasteiger charge is 2.30. The Balaban J connectivity index is 1.82. The van der Waals surface area contributed by atoms with Crippen molar-refractivity contribution in [3.05, 3.63) is 0 Å². The summed E-state index contributed by atoms with van der Waals surface area (Å²) in [5.41, 5.74) is 0. The summed E-state index contributed by atoms with van der Waals surface area (Å²) in [5.74, 6) is 1.86. The first-order chi connectivity index (χ1) is 6.81. The van der Waals surface area contributed by atoms with Crippen molar-refractivity contribution in [3.63, 3.8) is 0 Å². The number of nitrogens with one attached hydrogen (secondary N) is 1. The molecule has 0 amide bonds. The molecule has 2 rings (SSSR count). The van der Waals surface area contributed by atoms with E-state index < -0.39 is 0 Å². The lowest BCUT2D eigenvalue weighted by atomic mass is 9.92. The molecule has 0 aromatic heterocycles. The molecule has 0 spiro atoms. The van der Waals surface area contributed by atoms with Gasteiger partial charge in [-0.1, -0.05) is 20.3 Å². The monoisotopic (exact) mass is 196 g/mol. The molecule has 2 atom stereocenters. The molecule has 2 aliphatic heterocycles. The fourth-order valence-electron chi connectivity index (χ4n) is 2.98. The molecule has 2 fully saturated rings. The predicted octanol–water partition coefficient (Wildman–Crippen LogP) is 1.72. The molecule has 82 valence electrons. The Labute approximate surface area is 88.1 Å². The maximum Gasteiger partial charge on any atom is 0.0258 e. The zero-order valence-electron chi connectivity index (χ0n) is 9.63. The van der Waals surface area contributed by atoms with Gasteiger partial charge in [-0.05, 0) is 44.3 Å².